The lowest BCUT2D eigenvalue weighted by Crippen LogP contribution is -2.12. The lowest BCUT2D eigenvalue weighted by Gasteiger charge is -2.10. The van der Waals surface area contributed by atoms with Crippen LogP contribution in [0.5, 0.6) is 5.75 Å². The second-order valence-electron chi connectivity index (χ2n) is 2.75. The van der Waals surface area contributed by atoms with Gasteiger partial charge in [-0.3, -0.25) is 0 Å². The van der Waals surface area contributed by atoms with Crippen molar-refractivity contribution in [3.63, 3.8) is 0 Å². The van der Waals surface area contributed by atoms with Crippen molar-refractivity contribution in [1.29, 1.82) is 0 Å². The molecular formula is C9H12FNO. The van der Waals surface area contributed by atoms with Crippen molar-refractivity contribution < 1.29 is 9.50 Å². The van der Waals surface area contributed by atoms with Crippen LogP contribution in [0.15, 0.2) is 18.2 Å². The number of phenols is 1. The molecule has 1 aromatic carbocycles. The van der Waals surface area contributed by atoms with Crippen LogP contribution in [0, 0.1) is 5.82 Å². The van der Waals surface area contributed by atoms with Gasteiger partial charge in [-0.15, -0.1) is 0 Å². The van der Waals surface area contributed by atoms with Crippen molar-refractivity contribution in [3.05, 3.63) is 29.6 Å². The van der Waals surface area contributed by atoms with Gasteiger partial charge in [0.2, 0.25) is 0 Å². The van der Waals surface area contributed by atoms with Crippen LogP contribution in [0.3, 0.4) is 0 Å². The van der Waals surface area contributed by atoms with Crippen LogP contribution in [0.4, 0.5) is 4.39 Å². The van der Waals surface area contributed by atoms with Gasteiger partial charge in [-0.2, -0.15) is 0 Å². The van der Waals surface area contributed by atoms with Crippen molar-refractivity contribution >= 4 is 0 Å². The Morgan fingerprint density at radius 2 is 2.08 bits per heavy atom. The highest BCUT2D eigenvalue weighted by atomic mass is 19.1. The summed E-state index contributed by atoms with van der Waals surface area (Å²) in [5.74, 6) is -0.445. The third-order valence-corrected chi connectivity index (χ3v) is 1.84. The van der Waals surface area contributed by atoms with E-state index in [4.69, 9.17) is 5.11 Å². The summed E-state index contributed by atoms with van der Waals surface area (Å²) in [6.07, 6.45) is 0. The summed E-state index contributed by atoms with van der Waals surface area (Å²) in [4.78, 5) is 0. The molecule has 0 heterocycles. The number of aromatic hydroxyl groups is 1. The van der Waals surface area contributed by atoms with Gasteiger partial charge >= 0.3 is 0 Å². The van der Waals surface area contributed by atoms with Crippen LogP contribution < -0.4 is 5.32 Å². The number of rotatable bonds is 2. The topological polar surface area (TPSA) is 32.3 Å². The number of benzene rings is 1. The molecule has 66 valence electrons. The van der Waals surface area contributed by atoms with Gasteiger partial charge < -0.3 is 10.4 Å². The van der Waals surface area contributed by atoms with Gasteiger partial charge in [0.25, 0.3) is 0 Å². The minimum atomic E-state index is -0.410. The minimum Gasteiger partial charge on any atom is -0.508 e. The highest BCUT2D eigenvalue weighted by Gasteiger charge is 2.05. The average molecular weight is 169 g/mol. The summed E-state index contributed by atoms with van der Waals surface area (Å²) in [5.41, 5.74) is 0.745. The van der Waals surface area contributed by atoms with Crippen LogP contribution in [0.2, 0.25) is 0 Å². The molecule has 0 spiro atoms. The lowest BCUT2D eigenvalue weighted by atomic mass is 10.1. The molecule has 12 heavy (non-hydrogen) atoms. The third-order valence-electron chi connectivity index (χ3n) is 1.84. The lowest BCUT2D eigenvalue weighted by molar-refractivity contribution is 0.466. The summed E-state index contributed by atoms with van der Waals surface area (Å²) in [6.45, 7) is 1.90. The minimum absolute atomic E-state index is 0.0351. The number of phenolic OH excluding ortho intramolecular Hbond substituents is 1. The van der Waals surface area contributed by atoms with Gasteiger partial charge in [-0.1, -0.05) is 0 Å². The Kier molecular flexibility index (Phi) is 2.65. The molecule has 2 nitrogen and oxygen atoms in total. The molecule has 0 amide bonds. The van der Waals surface area contributed by atoms with Crippen molar-refractivity contribution in [2.45, 2.75) is 13.0 Å². The molecule has 0 saturated carbocycles. The maximum atomic E-state index is 12.7. The molecule has 2 N–H and O–H groups in total. The van der Waals surface area contributed by atoms with Crippen LogP contribution >= 0.6 is 0 Å². The average Bonchev–Trinajstić information content (AvgIpc) is 2.01. The maximum absolute atomic E-state index is 12.7. The van der Waals surface area contributed by atoms with Gasteiger partial charge in [0, 0.05) is 12.1 Å². The van der Waals surface area contributed by atoms with Gasteiger partial charge in [-0.25, -0.2) is 4.39 Å². The zero-order valence-corrected chi connectivity index (χ0v) is 7.13. The molecule has 0 aliphatic heterocycles. The second kappa shape index (κ2) is 3.54. The molecule has 0 radical (unpaired) electrons. The first-order valence-electron chi connectivity index (χ1n) is 3.80. The Morgan fingerprint density at radius 3 is 2.58 bits per heavy atom. The molecule has 0 unspecified atom stereocenters. The molecule has 0 saturated heterocycles. The van der Waals surface area contributed by atoms with Crippen LogP contribution in [0.1, 0.15) is 18.5 Å². The predicted octanol–water partition coefficient (Wildman–Crippen LogP) is 1.81. The van der Waals surface area contributed by atoms with E-state index in [-0.39, 0.29) is 11.8 Å². The van der Waals surface area contributed by atoms with E-state index in [0.717, 1.165) is 11.6 Å². The Hall–Kier alpha value is -1.09. The van der Waals surface area contributed by atoms with E-state index in [1.807, 2.05) is 6.92 Å². The molecule has 0 aliphatic rings. The van der Waals surface area contributed by atoms with Crippen molar-refractivity contribution in [2.75, 3.05) is 7.05 Å². The van der Waals surface area contributed by atoms with E-state index in [0.29, 0.717) is 0 Å². The fourth-order valence-electron chi connectivity index (χ4n) is 1.01. The quantitative estimate of drug-likeness (QED) is 0.707. The molecule has 0 bridgehead atoms. The van der Waals surface area contributed by atoms with E-state index >= 15 is 0 Å². The number of hydrogen-bond donors (Lipinski definition) is 2. The number of halogens is 1. The Bertz CT molecular complexity index is 255. The van der Waals surface area contributed by atoms with E-state index in [1.54, 1.807) is 13.1 Å². The standard InChI is InChI=1S/C9H12FNO/c1-6(11-2)7-3-8(10)5-9(12)4-7/h3-6,11-12H,1-2H3/t6-/m1/s1. The summed E-state index contributed by atoms with van der Waals surface area (Å²) < 4.78 is 12.7. The fraction of sp³-hybridized carbons (Fsp3) is 0.333. The molecule has 1 atom stereocenters. The molecule has 0 fully saturated rings. The zero-order valence-electron chi connectivity index (χ0n) is 7.13. The summed E-state index contributed by atoms with van der Waals surface area (Å²) in [6, 6.07) is 4.09. The molecular weight excluding hydrogens is 157 g/mol. The summed E-state index contributed by atoms with van der Waals surface area (Å²) in [7, 11) is 1.78. The zero-order chi connectivity index (χ0) is 9.14. The SMILES string of the molecule is CN[C@H](C)c1cc(O)cc(F)c1. The van der Waals surface area contributed by atoms with E-state index in [1.165, 1.54) is 6.07 Å². The molecule has 0 aliphatic carbocycles. The molecule has 1 rings (SSSR count). The Labute approximate surface area is 71.0 Å². The highest BCUT2D eigenvalue weighted by Crippen LogP contribution is 2.19. The normalized spacial score (nSPS) is 12.9. The van der Waals surface area contributed by atoms with Crippen molar-refractivity contribution in [3.8, 4) is 5.75 Å². The summed E-state index contributed by atoms with van der Waals surface area (Å²) in [5, 5.41) is 12.0. The van der Waals surface area contributed by atoms with E-state index in [2.05, 4.69) is 5.32 Å². The van der Waals surface area contributed by atoms with Crippen molar-refractivity contribution in [2.24, 2.45) is 0 Å². The molecule has 3 heteroatoms. The van der Waals surface area contributed by atoms with Gasteiger partial charge in [-0.05, 0) is 31.7 Å². The maximum Gasteiger partial charge on any atom is 0.127 e. The summed E-state index contributed by atoms with van der Waals surface area (Å²) >= 11 is 0. The van der Waals surface area contributed by atoms with Gasteiger partial charge in [0.1, 0.15) is 11.6 Å². The largest absolute Gasteiger partial charge is 0.508 e. The van der Waals surface area contributed by atoms with E-state index < -0.39 is 5.82 Å². The van der Waals surface area contributed by atoms with Gasteiger partial charge in [0.15, 0.2) is 0 Å². The van der Waals surface area contributed by atoms with Gasteiger partial charge in [0.05, 0.1) is 0 Å². The van der Waals surface area contributed by atoms with Crippen molar-refractivity contribution in [1.82, 2.24) is 5.32 Å². The number of hydrogen-bond acceptors (Lipinski definition) is 2. The fourth-order valence-corrected chi connectivity index (χ4v) is 1.01. The Balaban J connectivity index is 3.00. The van der Waals surface area contributed by atoms with E-state index in [9.17, 15) is 4.39 Å². The number of nitrogens with one attached hydrogen (secondary N) is 1. The smallest absolute Gasteiger partial charge is 0.127 e. The van der Waals surface area contributed by atoms with Crippen LogP contribution in [-0.4, -0.2) is 12.2 Å². The third kappa shape index (κ3) is 1.95. The molecule has 0 aromatic heterocycles. The van der Waals surface area contributed by atoms with Crippen LogP contribution in [-0.2, 0) is 0 Å². The second-order valence-corrected chi connectivity index (χ2v) is 2.75. The first-order valence-corrected chi connectivity index (χ1v) is 3.80. The molecule has 1 aromatic rings. The Morgan fingerprint density at radius 1 is 1.42 bits per heavy atom. The monoisotopic (exact) mass is 169 g/mol. The van der Waals surface area contributed by atoms with Crippen LogP contribution in [0.25, 0.3) is 0 Å². The first-order chi connectivity index (χ1) is 5.63. The first kappa shape index (κ1) is 9.00. The highest BCUT2D eigenvalue weighted by molar-refractivity contribution is 5.30. The predicted molar refractivity (Wildman–Crippen MR) is 45.5 cm³/mol.